The van der Waals surface area contributed by atoms with Crippen LogP contribution in [-0.4, -0.2) is 35.1 Å². The molecule has 1 rings (SSSR count). The lowest BCUT2D eigenvalue weighted by molar-refractivity contribution is -0.141. The van der Waals surface area contributed by atoms with Crippen molar-refractivity contribution < 1.29 is 9.90 Å². The minimum absolute atomic E-state index is 0.299. The first kappa shape index (κ1) is 15.2. The molecule has 18 heavy (non-hydrogen) atoms. The fourth-order valence-corrected chi connectivity index (χ4v) is 2.74. The van der Waals surface area contributed by atoms with Gasteiger partial charge in [0.05, 0.1) is 5.92 Å². The molecule has 0 aromatic heterocycles. The van der Waals surface area contributed by atoms with E-state index in [9.17, 15) is 4.79 Å². The van der Waals surface area contributed by atoms with Crippen molar-refractivity contribution in [1.29, 1.82) is 0 Å². The number of hydrogen-bond donors (Lipinski definition) is 1. The van der Waals surface area contributed by atoms with Gasteiger partial charge in [0, 0.05) is 19.1 Å². The maximum atomic E-state index is 11.0. The van der Waals surface area contributed by atoms with E-state index in [4.69, 9.17) is 5.11 Å². The monoisotopic (exact) mass is 253 g/mol. The topological polar surface area (TPSA) is 40.5 Å². The molecule has 0 aliphatic heterocycles. The van der Waals surface area contributed by atoms with Crippen molar-refractivity contribution in [3.63, 3.8) is 0 Å². The van der Waals surface area contributed by atoms with E-state index < -0.39 is 5.97 Å². The van der Waals surface area contributed by atoms with Crippen molar-refractivity contribution in [2.24, 2.45) is 5.92 Å². The van der Waals surface area contributed by atoms with Crippen LogP contribution in [0.3, 0.4) is 0 Å². The van der Waals surface area contributed by atoms with E-state index in [-0.39, 0.29) is 5.92 Å². The molecule has 3 nitrogen and oxygen atoms in total. The highest BCUT2D eigenvalue weighted by atomic mass is 16.4. The predicted octanol–water partition coefficient (Wildman–Crippen LogP) is 3.31. The molecular weight excluding hydrogens is 226 g/mol. The lowest BCUT2D eigenvalue weighted by atomic mass is 10.0. The van der Waals surface area contributed by atoms with Gasteiger partial charge in [-0.1, -0.05) is 44.8 Å². The minimum atomic E-state index is -0.699. The van der Waals surface area contributed by atoms with Gasteiger partial charge in [-0.15, -0.1) is 0 Å². The first-order chi connectivity index (χ1) is 8.50. The summed E-state index contributed by atoms with van der Waals surface area (Å²) < 4.78 is 0. The van der Waals surface area contributed by atoms with Crippen LogP contribution in [0.4, 0.5) is 0 Å². The summed E-state index contributed by atoms with van der Waals surface area (Å²) in [6.45, 7) is 9.28. The number of carbonyl (C=O) groups is 1. The summed E-state index contributed by atoms with van der Waals surface area (Å²) >= 11 is 0. The van der Waals surface area contributed by atoms with Crippen LogP contribution in [0.2, 0.25) is 0 Å². The van der Waals surface area contributed by atoms with E-state index in [1.807, 2.05) is 6.92 Å². The maximum absolute atomic E-state index is 11.0. The fraction of sp³-hybridized carbons (Fsp3) is 0.800. The second kappa shape index (κ2) is 7.57. The summed E-state index contributed by atoms with van der Waals surface area (Å²) in [5.74, 6) is -0.997. The molecule has 1 N–H and O–H groups in total. The Kier molecular flexibility index (Phi) is 6.41. The lowest BCUT2D eigenvalue weighted by Gasteiger charge is -2.32. The molecule has 1 aliphatic rings. The van der Waals surface area contributed by atoms with Crippen LogP contribution in [0, 0.1) is 5.92 Å². The molecule has 1 fully saturated rings. The smallest absolute Gasteiger partial charge is 0.307 e. The zero-order valence-corrected chi connectivity index (χ0v) is 11.8. The van der Waals surface area contributed by atoms with Gasteiger partial charge in [-0.2, -0.15) is 0 Å². The van der Waals surface area contributed by atoms with Crippen LogP contribution in [0.5, 0.6) is 0 Å². The summed E-state index contributed by atoms with van der Waals surface area (Å²) in [6.07, 6.45) is 7.62. The van der Waals surface area contributed by atoms with Crippen LogP contribution >= 0.6 is 0 Å². The van der Waals surface area contributed by atoms with Gasteiger partial charge in [-0.25, -0.2) is 0 Å². The van der Waals surface area contributed by atoms with E-state index in [2.05, 4.69) is 11.5 Å². The Balaban J connectivity index is 2.63. The third kappa shape index (κ3) is 5.21. The van der Waals surface area contributed by atoms with Crippen LogP contribution in [0.1, 0.15) is 52.4 Å². The van der Waals surface area contributed by atoms with E-state index in [0.29, 0.717) is 12.6 Å². The summed E-state index contributed by atoms with van der Waals surface area (Å²) in [5, 5.41) is 9.07. The van der Waals surface area contributed by atoms with Crippen molar-refractivity contribution >= 4 is 5.97 Å². The summed E-state index contributed by atoms with van der Waals surface area (Å²) in [7, 11) is 0. The van der Waals surface area contributed by atoms with Gasteiger partial charge in [0.1, 0.15) is 0 Å². The van der Waals surface area contributed by atoms with Crippen molar-refractivity contribution in [3.8, 4) is 0 Å². The van der Waals surface area contributed by atoms with E-state index >= 15 is 0 Å². The van der Waals surface area contributed by atoms with Gasteiger partial charge in [0.25, 0.3) is 0 Å². The molecule has 1 unspecified atom stereocenters. The number of rotatable bonds is 6. The molecule has 0 saturated heterocycles. The highest BCUT2D eigenvalue weighted by molar-refractivity contribution is 5.69. The quantitative estimate of drug-likeness (QED) is 0.583. The fourth-order valence-electron chi connectivity index (χ4n) is 2.74. The number of hydrogen-bond acceptors (Lipinski definition) is 2. The molecule has 0 bridgehead atoms. The molecule has 0 amide bonds. The Bertz CT molecular complexity index is 280. The van der Waals surface area contributed by atoms with E-state index in [1.165, 1.54) is 38.5 Å². The van der Waals surface area contributed by atoms with Gasteiger partial charge >= 0.3 is 5.97 Å². The van der Waals surface area contributed by atoms with E-state index in [0.717, 1.165) is 12.1 Å². The third-order valence-corrected chi connectivity index (χ3v) is 3.74. The van der Waals surface area contributed by atoms with Gasteiger partial charge < -0.3 is 5.11 Å². The number of carboxylic acid groups (broad SMARTS) is 1. The van der Waals surface area contributed by atoms with Crippen LogP contribution in [0.15, 0.2) is 12.2 Å². The second-order valence-electron chi connectivity index (χ2n) is 5.77. The Morgan fingerprint density at radius 2 is 1.89 bits per heavy atom. The molecule has 1 saturated carbocycles. The highest BCUT2D eigenvalue weighted by Crippen LogP contribution is 2.23. The first-order valence-electron chi connectivity index (χ1n) is 7.12. The van der Waals surface area contributed by atoms with Gasteiger partial charge in [0.2, 0.25) is 0 Å². The minimum Gasteiger partial charge on any atom is -0.481 e. The largest absolute Gasteiger partial charge is 0.481 e. The van der Waals surface area contributed by atoms with Crippen LogP contribution < -0.4 is 0 Å². The average molecular weight is 253 g/mol. The SMILES string of the molecule is C=C(C)CN(CC(C)C(=O)O)C1CCCCCC1. The average Bonchev–Trinajstić information content (AvgIpc) is 2.55. The first-order valence-corrected chi connectivity index (χ1v) is 7.12. The number of nitrogens with zero attached hydrogens (tertiary/aromatic N) is 1. The Labute approximate surface area is 111 Å². The number of carboxylic acids is 1. The third-order valence-electron chi connectivity index (χ3n) is 3.74. The van der Waals surface area contributed by atoms with E-state index in [1.54, 1.807) is 6.92 Å². The van der Waals surface area contributed by atoms with Crippen molar-refractivity contribution in [1.82, 2.24) is 4.90 Å². The standard InChI is InChI=1S/C15H27NO2/c1-12(2)10-16(11-13(3)15(17)18)14-8-6-4-5-7-9-14/h13-14H,1,4-11H2,2-3H3,(H,17,18). The summed E-state index contributed by atoms with van der Waals surface area (Å²) in [6, 6.07) is 0.547. The normalized spacial score (nSPS) is 19.5. The van der Waals surface area contributed by atoms with Crippen LogP contribution in [-0.2, 0) is 4.79 Å². The zero-order valence-electron chi connectivity index (χ0n) is 11.8. The van der Waals surface area contributed by atoms with Gasteiger partial charge in [0.15, 0.2) is 0 Å². The highest BCUT2D eigenvalue weighted by Gasteiger charge is 2.23. The van der Waals surface area contributed by atoms with Crippen molar-refractivity contribution in [2.75, 3.05) is 13.1 Å². The maximum Gasteiger partial charge on any atom is 0.307 e. The van der Waals surface area contributed by atoms with Crippen LogP contribution in [0.25, 0.3) is 0 Å². The Hall–Kier alpha value is -0.830. The lowest BCUT2D eigenvalue weighted by Crippen LogP contribution is -2.40. The molecule has 0 aromatic rings. The zero-order chi connectivity index (χ0) is 13.5. The van der Waals surface area contributed by atoms with Crippen molar-refractivity contribution in [2.45, 2.75) is 58.4 Å². The van der Waals surface area contributed by atoms with Crippen molar-refractivity contribution in [3.05, 3.63) is 12.2 Å². The Morgan fingerprint density at radius 1 is 1.33 bits per heavy atom. The predicted molar refractivity (Wildman–Crippen MR) is 74.7 cm³/mol. The van der Waals surface area contributed by atoms with Gasteiger partial charge in [-0.05, 0) is 19.8 Å². The molecule has 0 spiro atoms. The molecule has 0 aromatic carbocycles. The molecule has 0 heterocycles. The Morgan fingerprint density at radius 3 is 2.33 bits per heavy atom. The molecule has 1 aliphatic carbocycles. The molecular formula is C15H27NO2. The second-order valence-corrected chi connectivity index (χ2v) is 5.77. The van der Waals surface area contributed by atoms with Gasteiger partial charge in [-0.3, -0.25) is 9.69 Å². The molecule has 3 heteroatoms. The molecule has 0 radical (unpaired) electrons. The number of aliphatic carboxylic acids is 1. The summed E-state index contributed by atoms with van der Waals surface area (Å²) in [5.41, 5.74) is 1.12. The molecule has 1 atom stereocenters. The summed E-state index contributed by atoms with van der Waals surface area (Å²) in [4.78, 5) is 13.4. The molecule has 104 valence electrons.